The van der Waals surface area contributed by atoms with Gasteiger partial charge in [-0.3, -0.25) is 9.55 Å². The Morgan fingerprint density at radius 3 is 2.43 bits per heavy atom. The predicted molar refractivity (Wildman–Crippen MR) is 96.1 cm³/mol. The van der Waals surface area contributed by atoms with E-state index in [2.05, 4.69) is 20.3 Å². The zero-order chi connectivity index (χ0) is 19.9. The summed E-state index contributed by atoms with van der Waals surface area (Å²) in [5.41, 5.74) is 0.438. The standard InChI is InChI=1S/C19H13F4N5/c1-11-25-15-4-2-3-14(20)18(15)28(11)17-10-24-9-16(27-17)26-13-7-5-12(6-8-13)19(21,22)23/h2-10H,1H3,(H,26,27). The molecule has 2 aromatic carbocycles. The lowest BCUT2D eigenvalue weighted by Crippen LogP contribution is -2.06. The summed E-state index contributed by atoms with van der Waals surface area (Å²) in [6.45, 7) is 1.72. The molecule has 9 heteroatoms. The van der Waals surface area contributed by atoms with Gasteiger partial charge in [-0.15, -0.1) is 0 Å². The van der Waals surface area contributed by atoms with Crippen LogP contribution in [0.25, 0.3) is 16.9 Å². The maximum Gasteiger partial charge on any atom is 0.416 e. The first-order valence-corrected chi connectivity index (χ1v) is 8.23. The van der Waals surface area contributed by atoms with E-state index < -0.39 is 17.6 Å². The zero-order valence-electron chi connectivity index (χ0n) is 14.5. The van der Waals surface area contributed by atoms with E-state index in [4.69, 9.17) is 0 Å². The molecule has 0 radical (unpaired) electrons. The van der Waals surface area contributed by atoms with Gasteiger partial charge in [0.25, 0.3) is 0 Å². The second-order valence-electron chi connectivity index (χ2n) is 6.06. The van der Waals surface area contributed by atoms with E-state index in [0.717, 1.165) is 12.1 Å². The first kappa shape index (κ1) is 17.9. The molecule has 0 atom stereocenters. The number of aromatic nitrogens is 4. The molecule has 0 aliphatic rings. The fourth-order valence-corrected chi connectivity index (χ4v) is 2.90. The van der Waals surface area contributed by atoms with Crippen molar-refractivity contribution in [2.45, 2.75) is 13.1 Å². The molecule has 4 rings (SSSR count). The van der Waals surface area contributed by atoms with Crippen LogP contribution in [0.5, 0.6) is 0 Å². The molecular formula is C19H13F4N5. The summed E-state index contributed by atoms with van der Waals surface area (Å²) >= 11 is 0. The number of para-hydroxylation sites is 1. The van der Waals surface area contributed by atoms with E-state index >= 15 is 0 Å². The van der Waals surface area contributed by atoms with Gasteiger partial charge in [0, 0.05) is 5.69 Å². The lowest BCUT2D eigenvalue weighted by atomic mass is 10.2. The van der Waals surface area contributed by atoms with Gasteiger partial charge < -0.3 is 5.32 Å². The van der Waals surface area contributed by atoms with Crippen LogP contribution >= 0.6 is 0 Å². The Labute approximate surface area is 156 Å². The van der Waals surface area contributed by atoms with Gasteiger partial charge in [0.05, 0.1) is 23.5 Å². The number of benzene rings is 2. The van der Waals surface area contributed by atoms with Crippen LogP contribution in [0.2, 0.25) is 0 Å². The van der Waals surface area contributed by atoms with Crippen LogP contribution in [-0.2, 0) is 6.18 Å². The third-order valence-corrected chi connectivity index (χ3v) is 4.13. The number of imidazole rings is 1. The largest absolute Gasteiger partial charge is 0.416 e. The van der Waals surface area contributed by atoms with E-state index in [-0.39, 0.29) is 5.52 Å². The van der Waals surface area contributed by atoms with Crippen LogP contribution < -0.4 is 5.32 Å². The number of halogens is 4. The fraction of sp³-hybridized carbons (Fsp3) is 0.105. The number of hydrogen-bond donors (Lipinski definition) is 1. The van der Waals surface area contributed by atoms with E-state index in [9.17, 15) is 17.6 Å². The Morgan fingerprint density at radius 1 is 0.964 bits per heavy atom. The summed E-state index contributed by atoms with van der Waals surface area (Å²) < 4.78 is 53.9. The second kappa shape index (κ2) is 6.59. The topological polar surface area (TPSA) is 55.6 Å². The highest BCUT2D eigenvalue weighted by Crippen LogP contribution is 2.30. The molecule has 142 valence electrons. The smallest absolute Gasteiger partial charge is 0.339 e. The van der Waals surface area contributed by atoms with Gasteiger partial charge in [0.1, 0.15) is 17.2 Å². The monoisotopic (exact) mass is 387 g/mol. The first-order chi connectivity index (χ1) is 13.3. The van der Waals surface area contributed by atoms with Crippen LogP contribution in [0, 0.1) is 12.7 Å². The molecule has 2 heterocycles. The summed E-state index contributed by atoms with van der Waals surface area (Å²) in [7, 11) is 0. The van der Waals surface area contributed by atoms with Crippen LogP contribution in [0.3, 0.4) is 0 Å². The highest BCUT2D eigenvalue weighted by molar-refractivity contribution is 5.78. The average Bonchev–Trinajstić information content (AvgIpc) is 2.99. The molecule has 0 unspecified atom stereocenters. The van der Waals surface area contributed by atoms with Crippen molar-refractivity contribution in [3.05, 3.63) is 72.1 Å². The molecule has 0 bridgehead atoms. The Kier molecular flexibility index (Phi) is 4.21. The van der Waals surface area contributed by atoms with Crippen molar-refractivity contribution >= 4 is 22.5 Å². The Balaban J connectivity index is 1.69. The summed E-state index contributed by atoms with van der Waals surface area (Å²) in [5, 5.41) is 2.90. The van der Waals surface area contributed by atoms with Gasteiger partial charge in [-0.25, -0.2) is 14.4 Å². The fourth-order valence-electron chi connectivity index (χ4n) is 2.90. The van der Waals surface area contributed by atoms with Gasteiger partial charge in [-0.2, -0.15) is 13.2 Å². The second-order valence-corrected chi connectivity index (χ2v) is 6.06. The number of anilines is 2. The minimum absolute atomic E-state index is 0.279. The number of nitrogens with zero attached hydrogens (tertiary/aromatic N) is 4. The van der Waals surface area contributed by atoms with Crippen molar-refractivity contribution in [2.24, 2.45) is 0 Å². The molecule has 0 aliphatic carbocycles. The molecule has 0 aliphatic heterocycles. The molecule has 0 amide bonds. The number of hydrogen-bond acceptors (Lipinski definition) is 4. The number of fused-ring (bicyclic) bond motifs is 1. The SMILES string of the molecule is Cc1nc2cccc(F)c2n1-c1cncc(Nc2ccc(C(F)(F)F)cc2)n1. The van der Waals surface area contributed by atoms with Gasteiger partial charge in [-0.05, 0) is 43.3 Å². The van der Waals surface area contributed by atoms with Crippen molar-refractivity contribution in [3.8, 4) is 5.82 Å². The van der Waals surface area contributed by atoms with Gasteiger partial charge >= 0.3 is 6.18 Å². The Bertz CT molecular complexity index is 1150. The zero-order valence-corrected chi connectivity index (χ0v) is 14.5. The number of rotatable bonds is 3. The number of aryl methyl sites for hydroxylation is 1. The highest BCUT2D eigenvalue weighted by Gasteiger charge is 2.29. The van der Waals surface area contributed by atoms with Crippen LogP contribution in [0.1, 0.15) is 11.4 Å². The average molecular weight is 387 g/mol. The molecule has 2 aromatic heterocycles. The number of alkyl halides is 3. The minimum Gasteiger partial charge on any atom is -0.339 e. The summed E-state index contributed by atoms with van der Waals surface area (Å²) in [4.78, 5) is 12.8. The number of nitrogens with one attached hydrogen (secondary N) is 1. The van der Waals surface area contributed by atoms with Gasteiger partial charge in [0.2, 0.25) is 0 Å². The normalized spacial score (nSPS) is 11.8. The van der Waals surface area contributed by atoms with E-state index in [0.29, 0.717) is 28.7 Å². The van der Waals surface area contributed by atoms with Crippen molar-refractivity contribution in [2.75, 3.05) is 5.32 Å². The van der Waals surface area contributed by atoms with Crippen molar-refractivity contribution in [3.63, 3.8) is 0 Å². The third kappa shape index (κ3) is 3.26. The van der Waals surface area contributed by atoms with E-state index in [1.165, 1.54) is 35.2 Å². The maximum absolute atomic E-state index is 14.3. The molecule has 0 saturated carbocycles. The summed E-state index contributed by atoms with van der Waals surface area (Å²) in [6.07, 6.45) is -1.52. The van der Waals surface area contributed by atoms with E-state index in [1.807, 2.05) is 0 Å². The first-order valence-electron chi connectivity index (χ1n) is 8.23. The summed E-state index contributed by atoms with van der Waals surface area (Å²) in [6, 6.07) is 9.15. The molecule has 0 saturated heterocycles. The maximum atomic E-state index is 14.3. The van der Waals surface area contributed by atoms with Crippen LogP contribution in [0.15, 0.2) is 54.9 Å². The minimum atomic E-state index is -4.40. The highest BCUT2D eigenvalue weighted by atomic mass is 19.4. The quantitative estimate of drug-likeness (QED) is 0.501. The Morgan fingerprint density at radius 2 is 1.71 bits per heavy atom. The molecule has 5 nitrogen and oxygen atoms in total. The predicted octanol–water partition coefficient (Wildman–Crippen LogP) is 5.03. The molecule has 0 spiro atoms. The molecular weight excluding hydrogens is 374 g/mol. The van der Waals surface area contributed by atoms with Gasteiger partial charge in [0.15, 0.2) is 11.6 Å². The Hall–Kier alpha value is -3.49. The van der Waals surface area contributed by atoms with Crippen LogP contribution in [0.4, 0.5) is 29.1 Å². The van der Waals surface area contributed by atoms with Crippen molar-refractivity contribution < 1.29 is 17.6 Å². The molecule has 4 aromatic rings. The molecule has 0 fully saturated rings. The van der Waals surface area contributed by atoms with Crippen molar-refractivity contribution in [1.29, 1.82) is 0 Å². The summed E-state index contributed by atoms with van der Waals surface area (Å²) in [5.74, 6) is 0.721. The van der Waals surface area contributed by atoms with Crippen molar-refractivity contribution in [1.82, 2.24) is 19.5 Å². The lowest BCUT2D eigenvalue weighted by molar-refractivity contribution is -0.137. The van der Waals surface area contributed by atoms with E-state index in [1.54, 1.807) is 19.1 Å². The molecule has 1 N–H and O–H groups in total. The lowest BCUT2D eigenvalue weighted by Gasteiger charge is -2.11. The van der Waals surface area contributed by atoms with Gasteiger partial charge in [-0.1, -0.05) is 6.07 Å². The third-order valence-electron chi connectivity index (χ3n) is 4.13. The molecule has 28 heavy (non-hydrogen) atoms. The van der Waals surface area contributed by atoms with Crippen LogP contribution in [-0.4, -0.2) is 19.5 Å².